The molecule has 0 spiro atoms. The molecule has 0 saturated carbocycles. The van der Waals surface area contributed by atoms with Gasteiger partial charge in [-0.05, 0) is 36.7 Å². The van der Waals surface area contributed by atoms with Crippen LogP contribution in [0.2, 0.25) is 0 Å². The molecule has 110 valence electrons. The summed E-state index contributed by atoms with van der Waals surface area (Å²) in [6, 6.07) is 0.0152. The maximum absolute atomic E-state index is 5.75. The van der Waals surface area contributed by atoms with Crippen LogP contribution in [0.1, 0.15) is 35.6 Å². The Labute approximate surface area is 127 Å². The summed E-state index contributed by atoms with van der Waals surface area (Å²) in [4.78, 5) is 0. The highest BCUT2D eigenvalue weighted by molar-refractivity contribution is 9.10. The molecule has 2 heterocycles. The van der Waals surface area contributed by atoms with Crippen LogP contribution in [0.25, 0.3) is 0 Å². The van der Waals surface area contributed by atoms with Gasteiger partial charge in [-0.15, -0.1) is 0 Å². The molecule has 20 heavy (non-hydrogen) atoms. The van der Waals surface area contributed by atoms with Crippen LogP contribution in [0.3, 0.4) is 0 Å². The van der Waals surface area contributed by atoms with E-state index in [1.54, 1.807) is 0 Å². The molecule has 0 saturated heterocycles. The van der Waals surface area contributed by atoms with Gasteiger partial charge in [0, 0.05) is 31.3 Å². The minimum absolute atomic E-state index is 0.0152. The lowest BCUT2D eigenvalue weighted by molar-refractivity contribution is 0.513. The van der Waals surface area contributed by atoms with Crippen molar-refractivity contribution in [3.05, 3.63) is 33.3 Å². The van der Waals surface area contributed by atoms with Gasteiger partial charge in [0.05, 0.1) is 28.1 Å². The zero-order valence-corrected chi connectivity index (χ0v) is 13.9. The van der Waals surface area contributed by atoms with Crippen LogP contribution in [0.4, 0.5) is 0 Å². The topological polar surface area (TPSA) is 73.7 Å². The first-order valence-electron chi connectivity index (χ1n) is 6.66. The van der Waals surface area contributed by atoms with Crippen LogP contribution in [0, 0.1) is 13.8 Å². The molecule has 2 aromatic rings. The molecule has 0 aliphatic carbocycles. The Balaban J connectivity index is 2.34. The predicted molar refractivity (Wildman–Crippen MR) is 82.1 cm³/mol. The normalized spacial score (nSPS) is 12.9. The highest BCUT2D eigenvalue weighted by atomic mass is 79.9. The molecule has 1 atom stereocenters. The first-order valence-corrected chi connectivity index (χ1v) is 7.45. The van der Waals surface area contributed by atoms with Crippen molar-refractivity contribution in [1.29, 1.82) is 0 Å². The van der Waals surface area contributed by atoms with Crippen molar-refractivity contribution in [3.8, 4) is 0 Å². The third-order valence-corrected chi connectivity index (χ3v) is 4.73. The molecular weight excluding hydrogens is 320 g/mol. The lowest BCUT2D eigenvalue weighted by Crippen LogP contribution is -2.30. The molecule has 0 radical (unpaired) electrons. The Morgan fingerprint density at radius 3 is 2.65 bits per heavy atom. The summed E-state index contributed by atoms with van der Waals surface area (Å²) >= 11 is 3.62. The summed E-state index contributed by atoms with van der Waals surface area (Å²) in [7, 11) is 1.93. The first kappa shape index (κ1) is 15.2. The fraction of sp³-hybridized carbons (Fsp3) is 0.538. The third-order valence-electron chi connectivity index (χ3n) is 3.70. The van der Waals surface area contributed by atoms with E-state index >= 15 is 0 Å². The summed E-state index contributed by atoms with van der Waals surface area (Å²) in [6.07, 6.45) is 2.63. The van der Waals surface area contributed by atoms with E-state index in [1.165, 1.54) is 0 Å². The second kappa shape index (κ2) is 6.07. The molecule has 6 nitrogen and oxygen atoms in total. The number of aryl methyl sites for hydroxylation is 3. The molecule has 0 fully saturated rings. The van der Waals surface area contributed by atoms with Crippen molar-refractivity contribution in [3.63, 3.8) is 0 Å². The fourth-order valence-corrected chi connectivity index (χ4v) is 2.82. The van der Waals surface area contributed by atoms with Crippen LogP contribution in [-0.4, -0.2) is 19.6 Å². The Hall–Kier alpha value is -1.18. The van der Waals surface area contributed by atoms with Gasteiger partial charge in [-0.25, -0.2) is 0 Å². The van der Waals surface area contributed by atoms with E-state index in [9.17, 15) is 0 Å². The average Bonchev–Trinajstić information content (AvgIpc) is 2.90. The van der Waals surface area contributed by atoms with Crippen LogP contribution >= 0.6 is 15.9 Å². The zero-order chi connectivity index (χ0) is 14.9. The number of hydrazine groups is 1. The fourth-order valence-electron chi connectivity index (χ4n) is 2.37. The van der Waals surface area contributed by atoms with E-state index in [1.807, 2.05) is 36.5 Å². The molecule has 0 amide bonds. The van der Waals surface area contributed by atoms with Crippen molar-refractivity contribution in [2.45, 2.75) is 39.8 Å². The van der Waals surface area contributed by atoms with Crippen LogP contribution < -0.4 is 11.3 Å². The highest BCUT2D eigenvalue weighted by Gasteiger charge is 2.21. The lowest BCUT2D eigenvalue weighted by Gasteiger charge is -2.17. The quantitative estimate of drug-likeness (QED) is 0.642. The summed E-state index contributed by atoms with van der Waals surface area (Å²) in [5.41, 5.74) is 7.27. The Morgan fingerprint density at radius 2 is 2.15 bits per heavy atom. The lowest BCUT2D eigenvalue weighted by atomic mass is 10.0. The maximum atomic E-state index is 5.75. The van der Waals surface area contributed by atoms with E-state index in [4.69, 9.17) is 5.84 Å². The Morgan fingerprint density at radius 1 is 1.45 bits per heavy atom. The minimum Gasteiger partial charge on any atom is -0.273 e. The molecule has 0 bridgehead atoms. The van der Waals surface area contributed by atoms with E-state index in [0.717, 1.165) is 40.1 Å². The highest BCUT2D eigenvalue weighted by Crippen LogP contribution is 2.27. The van der Waals surface area contributed by atoms with Gasteiger partial charge in [-0.1, -0.05) is 0 Å². The predicted octanol–water partition coefficient (Wildman–Crippen LogP) is 1.76. The number of nitrogens with one attached hydrogen (secondary N) is 1. The van der Waals surface area contributed by atoms with Gasteiger partial charge in [0.1, 0.15) is 0 Å². The van der Waals surface area contributed by atoms with Gasteiger partial charge in [-0.3, -0.25) is 20.6 Å². The van der Waals surface area contributed by atoms with Crippen molar-refractivity contribution < 1.29 is 0 Å². The minimum atomic E-state index is 0.0152. The monoisotopic (exact) mass is 340 g/mol. The number of rotatable bonds is 5. The molecule has 0 aliphatic heterocycles. The van der Waals surface area contributed by atoms with Crippen LogP contribution in [0.15, 0.2) is 10.7 Å². The van der Waals surface area contributed by atoms with Crippen molar-refractivity contribution in [2.24, 2.45) is 12.9 Å². The van der Waals surface area contributed by atoms with Crippen LogP contribution in [0.5, 0.6) is 0 Å². The van der Waals surface area contributed by atoms with Crippen molar-refractivity contribution in [1.82, 2.24) is 25.0 Å². The Bertz CT molecular complexity index is 600. The number of halogens is 1. The zero-order valence-electron chi connectivity index (χ0n) is 12.3. The van der Waals surface area contributed by atoms with E-state index in [-0.39, 0.29) is 6.04 Å². The van der Waals surface area contributed by atoms with Gasteiger partial charge in [0.25, 0.3) is 0 Å². The smallest absolute Gasteiger partial charge is 0.0738 e. The van der Waals surface area contributed by atoms with Gasteiger partial charge in [-0.2, -0.15) is 10.2 Å². The molecule has 2 aromatic heterocycles. The summed E-state index contributed by atoms with van der Waals surface area (Å²) in [5, 5.41) is 8.80. The SMILES string of the molecule is CCn1nc(C)c(Br)c1CC(NN)c1cnn(C)c1C. The summed E-state index contributed by atoms with van der Waals surface area (Å²) < 4.78 is 4.92. The van der Waals surface area contributed by atoms with E-state index in [0.29, 0.717) is 0 Å². The summed E-state index contributed by atoms with van der Waals surface area (Å²) in [6.45, 7) is 6.97. The molecular formula is C13H21BrN6. The second-order valence-corrected chi connectivity index (χ2v) is 5.69. The Kier molecular flexibility index (Phi) is 4.62. The third kappa shape index (κ3) is 2.65. The second-order valence-electron chi connectivity index (χ2n) is 4.89. The number of hydrogen-bond donors (Lipinski definition) is 2. The molecule has 3 N–H and O–H groups in total. The van der Waals surface area contributed by atoms with Crippen LogP contribution in [-0.2, 0) is 20.0 Å². The number of aromatic nitrogens is 4. The number of nitrogens with zero attached hydrogens (tertiary/aromatic N) is 4. The van der Waals surface area contributed by atoms with Gasteiger partial charge >= 0.3 is 0 Å². The van der Waals surface area contributed by atoms with Gasteiger partial charge in [0.2, 0.25) is 0 Å². The van der Waals surface area contributed by atoms with Gasteiger partial charge in [0.15, 0.2) is 0 Å². The van der Waals surface area contributed by atoms with E-state index in [2.05, 4.69) is 38.5 Å². The molecule has 7 heteroatoms. The number of nitrogens with two attached hydrogens (primary N) is 1. The summed E-state index contributed by atoms with van der Waals surface area (Å²) in [5.74, 6) is 5.75. The molecule has 1 unspecified atom stereocenters. The largest absolute Gasteiger partial charge is 0.273 e. The number of hydrogen-bond acceptors (Lipinski definition) is 4. The molecule has 2 rings (SSSR count). The van der Waals surface area contributed by atoms with Crippen molar-refractivity contribution >= 4 is 15.9 Å². The first-order chi connectivity index (χ1) is 9.49. The van der Waals surface area contributed by atoms with E-state index < -0.39 is 0 Å². The maximum Gasteiger partial charge on any atom is 0.0738 e. The standard InChI is InChI=1S/C13H21BrN6/c1-5-20-12(13(14)8(2)18-20)6-11(17-15)10-7-16-19(4)9(10)3/h7,11,17H,5-6,15H2,1-4H3. The van der Waals surface area contributed by atoms with Crippen molar-refractivity contribution in [2.75, 3.05) is 0 Å². The molecule has 0 aromatic carbocycles. The van der Waals surface area contributed by atoms with Gasteiger partial charge < -0.3 is 0 Å². The molecule has 0 aliphatic rings. The average molecular weight is 341 g/mol.